The van der Waals surface area contributed by atoms with Crippen molar-refractivity contribution in [2.75, 3.05) is 20.3 Å². The summed E-state index contributed by atoms with van der Waals surface area (Å²) in [7, 11) is 1.61. The molecule has 0 atom stereocenters. The summed E-state index contributed by atoms with van der Waals surface area (Å²) in [5.74, 6) is -0.599. The van der Waals surface area contributed by atoms with Crippen LogP contribution in [0, 0.1) is 5.41 Å². The standard InChI is InChI=1S/C15H23N3O3/c1-15(2,13(19)17-8-5-9-21-3)14(20)18-11-12-6-4-7-16-10-12/h4,6-7,10H,5,8-9,11H2,1-3H3,(H,17,19)(H,18,20). The molecule has 21 heavy (non-hydrogen) atoms. The van der Waals surface area contributed by atoms with Crippen LogP contribution >= 0.6 is 0 Å². The molecule has 0 aliphatic rings. The van der Waals surface area contributed by atoms with E-state index in [0.717, 1.165) is 12.0 Å². The Morgan fingerprint density at radius 3 is 2.62 bits per heavy atom. The van der Waals surface area contributed by atoms with Gasteiger partial charge in [-0.05, 0) is 31.9 Å². The van der Waals surface area contributed by atoms with E-state index in [4.69, 9.17) is 4.74 Å². The smallest absolute Gasteiger partial charge is 0.235 e. The van der Waals surface area contributed by atoms with Crippen LogP contribution < -0.4 is 10.6 Å². The number of hydrogen-bond donors (Lipinski definition) is 2. The van der Waals surface area contributed by atoms with Crippen LogP contribution in [0.25, 0.3) is 0 Å². The molecule has 1 aromatic heterocycles. The van der Waals surface area contributed by atoms with Crippen molar-refractivity contribution >= 4 is 11.8 Å². The van der Waals surface area contributed by atoms with Crippen LogP contribution in [0.4, 0.5) is 0 Å². The van der Waals surface area contributed by atoms with Gasteiger partial charge >= 0.3 is 0 Å². The predicted molar refractivity (Wildman–Crippen MR) is 79.4 cm³/mol. The number of nitrogens with zero attached hydrogens (tertiary/aromatic N) is 1. The van der Waals surface area contributed by atoms with Gasteiger partial charge in [0.15, 0.2) is 0 Å². The van der Waals surface area contributed by atoms with E-state index in [2.05, 4.69) is 15.6 Å². The van der Waals surface area contributed by atoms with Crippen molar-refractivity contribution in [3.8, 4) is 0 Å². The fourth-order valence-electron chi connectivity index (χ4n) is 1.65. The average molecular weight is 293 g/mol. The highest BCUT2D eigenvalue weighted by Gasteiger charge is 2.35. The lowest BCUT2D eigenvalue weighted by Gasteiger charge is -2.22. The molecular weight excluding hydrogens is 270 g/mol. The number of methoxy groups -OCH3 is 1. The Kier molecular flexibility index (Phi) is 6.81. The third-order valence-corrected chi connectivity index (χ3v) is 3.12. The summed E-state index contributed by atoms with van der Waals surface area (Å²) in [5, 5.41) is 5.50. The molecule has 1 heterocycles. The minimum atomic E-state index is -1.12. The van der Waals surface area contributed by atoms with Crippen LogP contribution in [0.3, 0.4) is 0 Å². The van der Waals surface area contributed by atoms with Crippen molar-refractivity contribution < 1.29 is 14.3 Å². The number of pyridine rings is 1. The minimum absolute atomic E-state index is 0.290. The Balaban J connectivity index is 2.44. The highest BCUT2D eigenvalue weighted by atomic mass is 16.5. The summed E-state index contributed by atoms with van der Waals surface area (Å²) >= 11 is 0. The Morgan fingerprint density at radius 1 is 1.29 bits per heavy atom. The molecule has 0 aromatic carbocycles. The SMILES string of the molecule is COCCCNC(=O)C(C)(C)C(=O)NCc1cccnc1. The third-order valence-electron chi connectivity index (χ3n) is 3.12. The van der Waals surface area contributed by atoms with Crippen molar-refractivity contribution in [2.24, 2.45) is 5.41 Å². The zero-order chi connectivity index (χ0) is 15.7. The number of rotatable bonds is 8. The molecule has 0 radical (unpaired) electrons. The summed E-state index contributed by atoms with van der Waals surface area (Å²) in [5.41, 5.74) is -0.225. The molecule has 0 saturated heterocycles. The van der Waals surface area contributed by atoms with Crippen molar-refractivity contribution in [3.63, 3.8) is 0 Å². The molecule has 0 aliphatic carbocycles. The number of carbonyl (C=O) groups excluding carboxylic acids is 2. The third kappa shape index (κ3) is 5.51. The van der Waals surface area contributed by atoms with Gasteiger partial charge in [-0.3, -0.25) is 14.6 Å². The van der Waals surface area contributed by atoms with Crippen LogP contribution in [-0.4, -0.2) is 37.1 Å². The summed E-state index contributed by atoms with van der Waals surface area (Å²) in [6, 6.07) is 3.67. The molecule has 1 aromatic rings. The molecular formula is C15H23N3O3. The van der Waals surface area contributed by atoms with Crippen molar-refractivity contribution in [2.45, 2.75) is 26.8 Å². The van der Waals surface area contributed by atoms with Crippen LogP contribution in [0.15, 0.2) is 24.5 Å². The number of hydrogen-bond acceptors (Lipinski definition) is 4. The van der Waals surface area contributed by atoms with Crippen LogP contribution in [0.5, 0.6) is 0 Å². The molecule has 6 heteroatoms. The lowest BCUT2D eigenvalue weighted by molar-refractivity contribution is -0.141. The topological polar surface area (TPSA) is 80.3 Å². The van der Waals surface area contributed by atoms with Crippen molar-refractivity contribution in [3.05, 3.63) is 30.1 Å². The molecule has 0 spiro atoms. The number of ether oxygens (including phenoxy) is 1. The first-order valence-electron chi connectivity index (χ1n) is 6.93. The first-order valence-corrected chi connectivity index (χ1v) is 6.93. The van der Waals surface area contributed by atoms with Gasteiger partial charge in [0.2, 0.25) is 11.8 Å². The van der Waals surface area contributed by atoms with E-state index >= 15 is 0 Å². The van der Waals surface area contributed by atoms with Gasteiger partial charge in [-0.15, -0.1) is 0 Å². The van der Waals surface area contributed by atoms with Crippen molar-refractivity contribution in [1.29, 1.82) is 0 Å². The summed E-state index contributed by atoms with van der Waals surface area (Å²) in [6.07, 6.45) is 4.07. The minimum Gasteiger partial charge on any atom is -0.385 e. The predicted octanol–water partition coefficient (Wildman–Crippen LogP) is 0.877. The van der Waals surface area contributed by atoms with Gasteiger partial charge in [-0.2, -0.15) is 0 Å². The van der Waals surface area contributed by atoms with E-state index in [0.29, 0.717) is 19.7 Å². The zero-order valence-corrected chi connectivity index (χ0v) is 12.8. The second kappa shape index (κ2) is 8.36. The largest absolute Gasteiger partial charge is 0.385 e. The Labute approximate surface area is 125 Å². The maximum absolute atomic E-state index is 12.2. The fourth-order valence-corrected chi connectivity index (χ4v) is 1.65. The van der Waals surface area contributed by atoms with Gasteiger partial charge in [-0.25, -0.2) is 0 Å². The van der Waals surface area contributed by atoms with E-state index in [9.17, 15) is 9.59 Å². The van der Waals surface area contributed by atoms with E-state index in [-0.39, 0.29) is 11.8 Å². The second-order valence-corrected chi connectivity index (χ2v) is 5.27. The first kappa shape index (κ1) is 17.1. The molecule has 0 aliphatic heterocycles. The first-order chi connectivity index (χ1) is 9.98. The van der Waals surface area contributed by atoms with Gasteiger partial charge < -0.3 is 15.4 Å². The summed E-state index contributed by atoms with van der Waals surface area (Å²) in [6.45, 7) is 4.64. The van der Waals surface area contributed by atoms with Crippen LogP contribution in [0.1, 0.15) is 25.8 Å². The lowest BCUT2D eigenvalue weighted by atomic mass is 9.91. The Morgan fingerprint density at radius 2 is 2.00 bits per heavy atom. The molecule has 0 unspecified atom stereocenters. The lowest BCUT2D eigenvalue weighted by Crippen LogP contribution is -2.47. The van der Waals surface area contributed by atoms with Gasteiger partial charge in [0.1, 0.15) is 5.41 Å². The number of carbonyl (C=O) groups is 2. The molecule has 1 rings (SSSR count). The average Bonchev–Trinajstić information content (AvgIpc) is 2.49. The summed E-state index contributed by atoms with van der Waals surface area (Å²) < 4.78 is 4.91. The van der Waals surface area contributed by atoms with Gasteiger partial charge in [0.25, 0.3) is 0 Å². The fraction of sp³-hybridized carbons (Fsp3) is 0.533. The highest BCUT2D eigenvalue weighted by molar-refractivity contribution is 6.04. The van der Waals surface area contributed by atoms with Crippen molar-refractivity contribution in [1.82, 2.24) is 15.6 Å². The molecule has 0 fully saturated rings. The monoisotopic (exact) mass is 293 g/mol. The van der Waals surface area contributed by atoms with Gasteiger partial charge in [-0.1, -0.05) is 6.07 Å². The van der Waals surface area contributed by atoms with E-state index in [1.807, 2.05) is 6.07 Å². The number of nitrogens with one attached hydrogen (secondary N) is 2. The molecule has 116 valence electrons. The Bertz CT molecular complexity index is 460. The number of amides is 2. The van der Waals surface area contributed by atoms with E-state index < -0.39 is 5.41 Å². The molecule has 0 saturated carbocycles. The van der Waals surface area contributed by atoms with Crippen LogP contribution in [0.2, 0.25) is 0 Å². The van der Waals surface area contributed by atoms with E-state index in [1.165, 1.54) is 0 Å². The van der Waals surface area contributed by atoms with Crippen LogP contribution in [-0.2, 0) is 20.9 Å². The quantitative estimate of drug-likeness (QED) is 0.551. The van der Waals surface area contributed by atoms with Gasteiger partial charge in [0, 0.05) is 39.2 Å². The van der Waals surface area contributed by atoms with Gasteiger partial charge in [0.05, 0.1) is 0 Å². The molecule has 0 bridgehead atoms. The normalized spacial score (nSPS) is 11.0. The molecule has 2 amide bonds. The maximum atomic E-state index is 12.2. The highest BCUT2D eigenvalue weighted by Crippen LogP contribution is 2.15. The molecule has 6 nitrogen and oxygen atoms in total. The zero-order valence-electron chi connectivity index (χ0n) is 12.8. The Hall–Kier alpha value is -1.95. The maximum Gasteiger partial charge on any atom is 0.235 e. The second-order valence-electron chi connectivity index (χ2n) is 5.27. The molecule has 2 N–H and O–H groups in total. The number of aromatic nitrogens is 1. The summed E-state index contributed by atoms with van der Waals surface area (Å²) in [4.78, 5) is 28.2. The van der Waals surface area contributed by atoms with E-state index in [1.54, 1.807) is 39.4 Å².